The largest absolute Gasteiger partial charge is 0.496 e. The number of nitrogens with one attached hydrogen (secondary N) is 1. The Morgan fingerprint density at radius 3 is 2.62 bits per heavy atom. The smallest absolute Gasteiger partial charge is 0.418 e. The third kappa shape index (κ3) is 3.43. The molecule has 1 aromatic carbocycles. The Morgan fingerprint density at radius 2 is 2.06 bits per heavy atom. The molecule has 0 fully saturated rings. The highest BCUT2D eigenvalue weighted by Crippen LogP contribution is 2.19. The van der Waals surface area contributed by atoms with Crippen molar-refractivity contribution in [3.63, 3.8) is 0 Å². The number of benzene rings is 1. The summed E-state index contributed by atoms with van der Waals surface area (Å²) in [6.07, 6.45) is -1.60. The van der Waals surface area contributed by atoms with Crippen LogP contribution in [0.1, 0.15) is 5.56 Å². The predicted molar refractivity (Wildman–Crippen MR) is 56.8 cm³/mol. The molecule has 0 aliphatic heterocycles. The Labute approximate surface area is 92.9 Å². The van der Waals surface area contributed by atoms with Crippen LogP contribution in [0, 0.1) is 0 Å². The predicted octanol–water partition coefficient (Wildman–Crippen LogP) is 0.793. The zero-order chi connectivity index (χ0) is 12.2. The van der Waals surface area contributed by atoms with E-state index >= 15 is 0 Å². The summed E-state index contributed by atoms with van der Waals surface area (Å²) in [6, 6.07) is 6.50. The van der Waals surface area contributed by atoms with Crippen LogP contribution in [0.2, 0.25) is 0 Å². The minimum atomic E-state index is -3.90. The van der Waals surface area contributed by atoms with E-state index in [2.05, 4.69) is 0 Å². The summed E-state index contributed by atoms with van der Waals surface area (Å²) in [6.45, 7) is 0. The van der Waals surface area contributed by atoms with Gasteiger partial charge in [0.2, 0.25) is 10.0 Å². The van der Waals surface area contributed by atoms with Crippen LogP contribution in [-0.2, 0) is 15.8 Å². The van der Waals surface area contributed by atoms with Crippen molar-refractivity contribution in [1.29, 1.82) is 0 Å². The van der Waals surface area contributed by atoms with Crippen LogP contribution in [0.25, 0.3) is 0 Å². The molecule has 1 amide bonds. The zero-order valence-electron chi connectivity index (χ0n) is 8.50. The average Bonchev–Trinajstić information content (AvgIpc) is 2.15. The second-order valence-corrected chi connectivity index (χ2v) is 4.70. The minimum Gasteiger partial charge on any atom is -0.496 e. The van der Waals surface area contributed by atoms with Gasteiger partial charge in [0.05, 0.1) is 12.9 Å². The SMILES string of the molecule is COc1ccccc1CS(=O)(=O)NC(=O)O. The third-order valence-corrected chi connectivity index (χ3v) is 2.96. The molecule has 1 rings (SSSR count). The first kappa shape index (κ1) is 12.3. The highest BCUT2D eigenvalue weighted by atomic mass is 32.2. The van der Waals surface area contributed by atoms with Gasteiger partial charge in [0.1, 0.15) is 5.75 Å². The molecule has 16 heavy (non-hydrogen) atoms. The molecule has 0 radical (unpaired) electrons. The summed E-state index contributed by atoms with van der Waals surface area (Å²) in [4.78, 5) is 10.2. The summed E-state index contributed by atoms with van der Waals surface area (Å²) in [5.41, 5.74) is 0.402. The molecule has 0 aliphatic rings. The second kappa shape index (κ2) is 4.84. The number of hydrogen-bond acceptors (Lipinski definition) is 4. The van der Waals surface area contributed by atoms with Gasteiger partial charge >= 0.3 is 6.09 Å². The van der Waals surface area contributed by atoms with Gasteiger partial charge in [-0.1, -0.05) is 18.2 Å². The van der Waals surface area contributed by atoms with E-state index < -0.39 is 21.9 Å². The summed E-state index contributed by atoms with van der Waals surface area (Å²) in [5.74, 6) is -0.0400. The highest BCUT2D eigenvalue weighted by Gasteiger charge is 2.16. The molecule has 0 aromatic heterocycles. The van der Waals surface area contributed by atoms with Crippen molar-refractivity contribution in [3.05, 3.63) is 29.8 Å². The van der Waals surface area contributed by atoms with E-state index in [1.165, 1.54) is 11.8 Å². The van der Waals surface area contributed by atoms with Gasteiger partial charge in [0, 0.05) is 5.56 Å². The number of sulfonamides is 1. The first-order valence-corrected chi connectivity index (χ1v) is 5.95. The van der Waals surface area contributed by atoms with Gasteiger partial charge in [-0.15, -0.1) is 0 Å². The fourth-order valence-corrected chi connectivity index (χ4v) is 2.18. The number of amides is 1. The summed E-state index contributed by atoms with van der Waals surface area (Å²) >= 11 is 0. The number of hydrogen-bond donors (Lipinski definition) is 2. The lowest BCUT2D eigenvalue weighted by atomic mass is 10.2. The fourth-order valence-electron chi connectivity index (χ4n) is 1.20. The van der Waals surface area contributed by atoms with Gasteiger partial charge in [-0.25, -0.2) is 17.9 Å². The van der Waals surface area contributed by atoms with Gasteiger partial charge in [0.25, 0.3) is 0 Å². The summed E-state index contributed by atoms with van der Waals surface area (Å²) in [7, 11) is -2.48. The monoisotopic (exact) mass is 245 g/mol. The molecule has 1 aromatic rings. The van der Waals surface area contributed by atoms with Crippen molar-refractivity contribution < 1.29 is 23.1 Å². The molecule has 0 heterocycles. The van der Waals surface area contributed by atoms with E-state index in [9.17, 15) is 13.2 Å². The molecule has 0 saturated heterocycles. The maximum Gasteiger partial charge on any atom is 0.418 e. The van der Waals surface area contributed by atoms with Crippen LogP contribution in [0.3, 0.4) is 0 Å². The quantitative estimate of drug-likeness (QED) is 0.818. The van der Waals surface area contributed by atoms with Crippen LogP contribution >= 0.6 is 0 Å². The molecule has 0 aliphatic carbocycles. The number of carboxylic acid groups (broad SMARTS) is 1. The summed E-state index contributed by atoms with van der Waals surface area (Å²) in [5, 5.41) is 8.33. The van der Waals surface area contributed by atoms with E-state index in [0.717, 1.165) is 0 Å². The first-order valence-electron chi connectivity index (χ1n) is 4.30. The summed E-state index contributed by atoms with van der Waals surface area (Å²) < 4.78 is 29.1. The van der Waals surface area contributed by atoms with E-state index in [1.54, 1.807) is 24.3 Å². The Kier molecular flexibility index (Phi) is 3.73. The Morgan fingerprint density at radius 1 is 1.44 bits per heavy atom. The van der Waals surface area contributed by atoms with Crippen LogP contribution in [0.15, 0.2) is 24.3 Å². The number of para-hydroxylation sites is 1. The molecule has 88 valence electrons. The van der Waals surface area contributed by atoms with E-state index in [4.69, 9.17) is 9.84 Å². The number of methoxy groups -OCH3 is 1. The van der Waals surface area contributed by atoms with Gasteiger partial charge in [0.15, 0.2) is 0 Å². The number of ether oxygens (including phenoxy) is 1. The fraction of sp³-hybridized carbons (Fsp3) is 0.222. The zero-order valence-corrected chi connectivity index (χ0v) is 9.32. The minimum absolute atomic E-state index is 0.401. The van der Waals surface area contributed by atoms with Crippen LogP contribution in [-0.4, -0.2) is 26.7 Å². The number of carbonyl (C=O) groups is 1. The highest BCUT2D eigenvalue weighted by molar-refractivity contribution is 7.89. The van der Waals surface area contributed by atoms with Gasteiger partial charge in [-0.2, -0.15) is 0 Å². The topological polar surface area (TPSA) is 92.7 Å². The van der Waals surface area contributed by atoms with Gasteiger partial charge in [-0.05, 0) is 6.07 Å². The molecule has 0 unspecified atom stereocenters. The average molecular weight is 245 g/mol. The number of rotatable bonds is 4. The maximum absolute atomic E-state index is 11.3. The molecule has 7 heteroatoms. The van der Waals surface area contributed by atoms with Gasteiger partial charge < -0.3 is 9.84 Å². The lowest BCUT2D eigenvalue weighted by Crippen LogP contribution is -2.30. The molecule has 0 bridgehead atoms. The Hall–Kier alpha value is -1.76. The van der Waals surface area contributed by atoms with Crippen molar-refractivity contribution in [3.8, 4) is 5.75 Å². The van der Waals surface area contributed by atoms with Crippen LogP contribution in [0.5, 0.6) is 5.75 Å². The lowest BCUT2D eigenvalue weighted by molar-refractivity contribution is 0.201. The molecule has 6 nitrogen and oxygen atoms in total. The standard InChI is InChI=1S/C9H11NO5S/c1-15-8-5-3-2-4-7(8)6-16(13,14)10-9(11)12/h2-5,10H,6H2,1H3,(H,11,12). The van der Waals surface area contributed by atoms with Crippen molar-refractivity contribution in [2.75, 3.05) is 7.11 Å². The van der Waals surface area contributed by atoms with Crippen molar-refractivity contribution in [2.24, 2.45) is 0 Å². The van der Waals surface area contributed by atoms with E-state index in [-0.39, 0.29) is 0 Å². The van der Waals surface area contributed by atoms with E-state index in [0.29, 0.717) is 11.3 Å². The second-order valence-electron chi connectivity index (χ2n) is 2.98. The molecule has 2 N–H and O–H groups in total. The lowest BCUT2D eigenvalue weighted by Gasteiger charge is -2.08. The molecule has 0 spiro atoms. The Bertz CT molecular complexity index is 482. The third-order valence-electron chi connectivity index (χ3n) is 1.78. The maximum atomic E-state index is 11.3. The molecular formula is C9H11NO5S. The normalized spacial score (nSPS) is 10.8. The molecule has 0 atom stereocenters. The Balaban J connectivity index is 2.92. The molecular weight excluding hydrogens is 234 g/mol. The molecule has 0 saturated carbocycles. The van der Waals surface area contributed by atoms with Crippen LogP contribution < -0.4 is 9.46 Å². The first-order chi connectivity index (χ1) is 7.44. The van der Waals surface area contributed by atoms with Crippen molar-refractivity contribution in [2.45, 2.75) is 5.75 Å². The van der Waals surface area contributed by atoms with E-state index in [1.807, 2.05) is 0 Å². The van der Waals surface area contributed by atoms with Crippen molar-refractivity contribution >= 4 is 16.1 Å². The van der Waals surface area contributed by atoms with Crippen LogP contribution in [0.4, 0.5) is 4.79 Å². The van der Waals surface area contributed by atoms with Crippen molar-refractivity contribution in [1.82, 2.24) is 4.72 Å². The van der Waals surface area contributed by atoms with Gasteiger partial charge in [-0.3, -0.25) is 0 Å².